The molecule has 3 aliphatic heterocycles. The van der Waals surface area contributed by atoms with Crippen molar-refractivity contribution in [3.8, 4) is 35.5 Å². The number of nitrogens with one attached hydrogen (secondary N) is 5. The number of aromatic amines is 2. The number of ketones is 2. The van der Waals surface area contributed by atoms with E-state index in [0.717, 1.165) is 40.9 Å². The largest absolute Gasteiger partial charge is 0.390 e. The Morgan fingerprint density at radius 3 is 1.87 bits per heavy atom. The fraction of sp³-hybridized carbons (Fsp3) is 0.413. The zero-order valence-corrected chi connectivity index (χ0v) is 57.6. The van der Waals surface area contributed by atoms with Gasteiger partial charge in [0.1, 0.15) is 77.7 Å². The molecule has 6 aromatic rings. The van der Waals surface area contributed by atoms with Gasteiger partial charge in [-0.2, -0.15) is 0 Å². The van der Waals surface area contributed by atoms with Crippen molar-refractivity contribution in [3.63, 3.8) is 0 Å². The van der Waals surface area contributed by atoms with E-state index in [1.54, 1.807) is 0 Å². The summed E-state index contributed by atoms with van der Waals surface area (Å²) in [6, 6.07) is 6.78. The molecule has 13 unspecified atom stereocenters. The Morgan fingerprint density at radius 1 is 0.750 bits per heavy atom. The van der Waals surface area contributed by atoms with E-state index in [0.29, 0.717) is 0 Å². The van der Waals surface area contributed by atoms with Crippen molar-refractivity contribution in [1.29, 1.82) is 0 Å². The summed E-state index contributed by atoms with van der Waals surface area (Å²) < 4.78 is 80.5. The Bertz CT molecular complexity index is 4920. The molecule has 3 fully saturated rings. The first-order valence-corrected chi connectivity index (χ1v) is 35.4. The van der Waals surface area contributed by atoms with Gasteiger partial charge >= 0.3 is 26.6 Å². The van der Waals surface area contributed by atoms with Crippen LogP contribution in [0.15, 0.2) is 85.7 Å². The number of carbonyl (C=O) groups is 5. The summed E-state index contributed by atoms with van der Waals surface area (Å²) >= 11 is 0. The van der Waals surface area contributed by atoms with Gasteiger partial charge < -0.3 is 85.0 Å². The summed E-state index contributed by atoms with van der Waals surface area (Å²) in [5.74, 6) is 12.8. The number of nitro benzene ring substituents is 1. The molecule has 4 aromatic heterocycles. The summed E-state index contributed by atoms with van der Waals surface area (Å²) in [6.07, 6.45) is -8.59. The van der Waals surface area contributed by atoms with E-state index in [4.69, 9.17) is 54.2 Å². The molecule has 3 aliphatic rings. The first kappa shape index (κ1) is 77.8. The normalized spacial score (nSPS) is 21.5. The average molecular weight is 1480 g/mol. The zero-order chi connectivity index (χ0) is 75.5. The highest BCUT2D eigenvalue weighted by Crippen LogP contribution is 2.52. The molecule has 550 valence electrons. The Morgan fingerprint density at radius 2 is 1.29 bits per heavy atom. The predicted octanol–water partition coefficient (Wildman–Crippen LogP) is -0.709. The van der Waals surface area contributed by atoms with Crippen LogP contribution in [0.3, 0.4) is 0 Å². The van der Waals surface area contributed by atoms with Gasteiger partial charge in [0.2, 0.25) is 11.8 Å². The number of aromatic nitrogens is 7. The van der Waals surface area contributed by atoms with Crippen LogP contribution in [-0.4, -0.2) is 193 Å². The molecule has 39 nitrogen and oxygen atoms in total. The zero-order valence-electron chi connectivity index (χ0n) is 55.8. The monoisotopic (exact) mass is 1480 g/mol. The molecular formula is C63H69N15O24P2. The van der Waals surface area contributed by atoms with Crippen LogP contribution in [0.1, 0.15) is 100 Å². The molecule has 3 amide bonds. The van der Waals surface area contributed by atoms with Crippen molar-refractivity contribution in [2.24, 2.45) is 16.6 Å². The predicted molar refractivity (Wildman–Crippen MR) is 363 cm³/mol. The molecule has 9 rings (SSSR count). The van der Waals surface area contributed by atoms with Gasteiger partial charge in [-0.1, -0.05) is 35.5 Å². The number of nitro groups is 1. The summed E-state index contributed by atoms with van der Waals surface area (Å²) in [5.41, 5.74) is 12.9. The number of aliphatic hydroxyl groups is 2. The number of amides is 3. The van der Waals surface area contributed by atoms with E-state index < -0.39 is 171 Å². The van der Waals surface area contributed by atoms with Crippen LogP contribution in [0.2, 0.25) is 0 Å². The van der Waals surface area contributed by atoms with E-state index in [1.807, 2.05) is 0 Å². The molecule has 41 heteroatoms. The third kappa shape index (κ3) is 19.3. The first-order chi connectivity index (χ1) is 49.4. The Kier molecular flexibility index (Phi) is 25.3. The molecular weight excluding hydrogens is 1410 g/mol. The van der Waals surface area contributed by atoms with E-state index in [-0.39, 0.29) is 100 Å². The van der Waals surface area contributed by atoms with Gasteiger partial charge in [-0.3, -0.25) is 71.9 Å². The second-order valence-electron chi connectivity index (χ2n) is 23.7. The van der Waals surface area contributed by atoms with Crippen LogP contribution in [0.4, 0.5) is 17.2 Å². The smallest absolute Gasteiger partial charge is 0.330 e. The van der Waals surface area contributed by atoms with Gasteiger partial charge in [-0.05, 0) is 49.4 Å². The van der Waals surface area contributed by atoms with Crippen molar-refractivity contribution < 1.29 is 85.3 Å². The molecule has 0 spiro atoms. The first-order valence-electron chi connectivity index (χ1n) is 31.4. The van der Waals surface area contributed by atoms with E-state index >= 15 is 0 Å². The van der Waals surface area contributed by atoms with Gasteiger partial charge in [-0.15, -0.1) is 4.91 Å². The number of ether oxygens (including phenoxy) is 4. The molecule has 0 bridgehead atoms. The maximum absolute atomic E-state index is 14.5. The minimum absolute atomic E-state index is 0.0119. The van der Waals surface area contributed by atoms with Gasteiger partial charge in [-0.25, -0.2) is 19.6 Å². The molecule has 0 saturated carbocycles. The van der Waals surface area contributed by atoms with E-state index in [1.165, 1.54) is 68.4 Å². The lowest BCUT2D eigenvalue weighted by Crippen LogP contribution is -2.50. The van der Waals surface area contributed by atoms with Crippen molar-refractivity contribution in [2.75, 3.05) is 72.2 Å². The highest BCUT2D eigenvalue weighted by Gasteiger charge is 2.46. The number of Topliss-reactive ketones (excluding diaryl/α,β-unsaturated/α-hetero) is 2. The highest BCUT2D eigenvalue weighted by atomic mass is 31.2. The van der Waals surface area contributed by atoms with Crippen molar-refractivity contribution >= 4 is 72.7 Å². The molecule has 3 saturated heterocycles. The van der Waals surface area contributed by atoms with Gasteiger partial charge in [0.15, 0.2) is 11.6 Å². The van der Waals surface area contributed by atoms with Gasteiger partial charge in [0.05, 0.1) is 85.2 Å². The molecule has 13 N–H and O–H groups in total. The fourth-order valence-electron chi connectivity index (χ4n) is 10.9. The van der Waals surface area contributed by atoms with Crippen molar-refractivity contribution in [1.82, 2.24) is 49.6 Å². The topological polar surface area (TPSA) is 561 Å². The number of hydrogen-bond acceptors (Lipinski definition) is 30. The van der Waals surface area contributed by atoms with Crippen LogP contribution in [0.5, 0.6) is 0 Å². The Labute approximate surface area is 587 Å². The third-order valence-electron chi connectivity index (χ3n) is 16.1. The van der Waals surface area contributed by atoms with Crippen LogP contribution in [0, 0.1) is 50.5 Å². The highest BCUT2D eigenvalue weighted by molar-refractivity contribution is 7.53. The molecule has 7 heterocycles. The van der Waals surface area contributed by atoms with Crippen LogP contribution in [-0.2, 0) is 60.6 Å². The maximum atomic E-state index is 14.5. The lowest BCUT2D eigenvalue weighted by molar-refractivity contribution is -0.385. The molecule has 0 aliphatic carbocycles. The van der Waals surface area contributed by atoms with Crippen LogP contribution in [0.25, 0.3) is 11.0 Å². The van der Waals surface area contributed by atoms with Gasteiger partial charge in [0, 0.05) is 87.6 Å². The Hall–Kier alpha value is -10.4. The van der Waals surface area contributed by atoms with E-state index in [2.05, 4.69) is 76.6 Å². The number of aliphatic hydroxyl groups excluding tert-OH is 2. The number of anilines is 1. The maximum Gasteiger partial charge on any atom is 0.330 e. The summed E-state index contributed by atoms with van der Waals surface area (Å²) in [7, 11) is -7.34. The molecule has 0 radical (unpaired) electrons. The minimum atomic E-state index is -4.34. The number of H-pyrrole nitrogens is 2. The number of nitrogens with two attached hydrogens (primary N) is 3. The summed E-state index contributed by atoms with van der Waals surface area (Å²) in [5, 5.41) is 43.2. The summed E-state index contributed by atoms with van der Waals surface area (Å²) in [6.45, 7) is 1.50. The SMILES string of the molecule is COCC1OC(n2cc(C#CCNC(=O)CNC(=O)C(O)CNC(=O)C(N)CN)c(=O)[nH]c2=O)CC1OP(C)(=O)OCC1OC(n2cc(C#Cc3ccc(C(C)=O)c(N=O)c3)c(=O)[nH]c2=O)CC1OP(C)(=O)OCC1OC(n2cc(C#Cc3ccc(C(C)=O)c([N+](=O)[O-])c3)c3c(N)ncnc32)CC1O. The summed E-state index contributed by atoms with van der Waals surface area (Å²) in [4.78, 5) is 149. The molecule has 13 atom stereocenters. The number of nitroso groups, excluding NO2 is 1. The number of rotatable bonds is 27. The Balaban J connectivity index is 0.893. The number of fused-ring (bicyclic) bond motifs is 1. The minimum Gasteiger partial charge on any atom is -0.390 e. The quantitative estimate of drug-likeness (QED) is 0.00760. The third-order valence-corrected chi connectivity index (χ3v) is 18.7. The van der Waals surface area contributed by atoms with Crippen LogP contribution < -0.4 is 55.6 Å². The van der Waals surface area contributed by atoms with Gasteiger partial charge in [0.25, 0.3) is 22.7 Å². The fourth-order valence-corrected chi connectivity index (χ4v) is 13.3. The van der Waals surface area contributed by atoms with Crippen LogP contribution >= 0.6 is 15.2 Å². The van der Waals surface area contributed by atoms with E-state index in [9.17, 15) is 77.5 Å². The lowest BCUT2D eigenvalue weighted by atomic mass is 10.1. The number of methoxy groups -OCH3 is 1. The second kappa shape index (κ2) is 33.8. The van der Waals surface area contributed by atoms with Crippen molar-refractivity contribution in [2.45, 2.75) is 101 Å². The number of nitrogen functional groups attached to an aromatic ring is 1. The number of benzene rings is 2. The number of hydrogen-bond donors (Lipinski definition) is 10. The molecule has 2 aromatic carbocycles. The lowest BCUT2D eigenvalue weighted by Gasteiger charge is -2.26. The standard InChI is InChI=1S/C63H69N15O24P2/c1-32(79)39-14-10-34(17-42(39)74-90)9-13-38-27-77(63(89)73-59(38)85)54-21-47(102-103(4,93)96-29-48-44(81)19-52(98-48)75-25-36(55-56(66)70-31-71-57(55)75)12-8-35-11-15-40(33(2)80)43(18-35)78(91)92)50(100-54)30-97-104(5,94)101-46-20-53(99-49(46)28-95-3)76-26-37(58(84)72-62(76)88)7-6-16-67-51(83)24-69-61(87)45(82)23-68-60(86)41(65)22-64/h10-11,14-15,17-18,25-27,31,41,44-50,52-54,81-82H,16,19-24,28-30,64-65H2,1-5H3,(H,67,83)(H,68,86)(H,69,87)(H2,66,70,71)(H,72,84,88)(H,73,85,89). The number of nitrogens with zero attached hydrogens (tertiary/aromatic N) is 7. The number of carbonyl (C=O) groups excluding carboxylic acids is 5. The average Bonchev–Trinajstić information content (AvgIpc) is 1.62. The molecule has 104 heavy (non-hydrogen) atoms. The van der Waals surface area contributed by atoms with Crippen molar-refractivity contribution in [3.05, 3.63) is 157 Å². The second-order valence-corrected chi connectivity index (χ2v) is 27.7.